The van der Waals surface area contributed by atoms with E-state index in [1.807, 2.05) is 0 Å². The number of carboxylic acid groups (broad SMARTS) is 2. The summed E-state index contributed by atoms with van der Waals surface area (Å²) in [6.07, 6.45) is -0.747. The molecule has 1 atom stereocenters. The molecule has 0 aliphatic rings. The number of rotatable bonds is 16. The summed E-state index contributed by atoms with van der Waals surface area (Å²) in [6.45, 7) is -0.0654. The lowest BCUT2D eigenvalue weighted by Crippen LogP contribution is -2.39. The number of benzene rings is 3. The second-order valence-electron chi connectivity index (χ2n) is 9.48. The minimum atomic E-state index is -1.62. The molecule has 3 aromatic rings. The molecule has 0 aliphatic carbocycles. The molecule has 0 saturated heterocycles. The molecule has 0 radical (unpaired) electrons. The highest BCUT2D eigenvalue weighted by atomic mass is 16.5. The van der Waals surface area contributed by atoms with Crippen molar-refractivity contribution < 1.29 is 38.9 Å². The summed E-state index contributed by atoms with van der Waals surface area (Å²) in [5.74, 6) is -3.99. The van der Waals surface area contributed by atoms with Crippen LogP contribution in [0.5, 0.6) is 11.5 Å². The molecular formula is C30H31N5O8. The van der Waals surface area contributed by atoms with Gasteiger partial charge in [-0.25, -0.2) is 4.79 Å². The Morgan fingerprint density at radius 3 is 2.14 bits per heavy atom. The predicted octanol–water partition coefficient (Wildman–Crippen LogP) is 2.07. The van der Waals surface area contributed by atoms with Gasteiger partial charge in [-0.1, -0.05) is 24.3 Å². The molecule has 0 aliphatic heterocycles. The fourth-order valence-electron chi connectivity index (χ4n) is 3.90. The van der Waals surface area contributed by atoms with Crippen LogP contribution < -0.4 is 26.3 Å². The van der Waals surface area contributed by atoms with Crippen molar-refractivity contribution in [2.75, 3.05) is 6.61 Å². The van der Waals surface area contributed by atoms with E-state index in [4.69, 9.17) is 36.9 Å². The highest BCUT2D eigenvalue weighted by Gasteiger charge is 2.20. The predicted molar refractivity (Wildman–Crippen MR) is 156 cm³/mol. The first-order valence-corrected chi connectivity index (χ1v) is 13.0. The van der Waals surface area contributed by atoms with E-state index in [2.05, 4.69) is 5.32 Å². The van der Waals surface area contributed by atoms with Gasteiger partial charge in [-0.05, 0) is 54.4 Å². The molecule has 0 heterocycles. The first-order valence-electron chi connectivity index (χ1n) is 13.0. The van der Waals surface area contributed by atoms with Gasteiger partial charge in [0.2, 0.25) is 5.78 Å². The van der Waals surface area contributed by atoms with E-state index >= 15 is 0 Å². The number of ether oxygens (including phenoxy) is 2. The van der Waals surface area contributed by atoms with Gasteiger partial charge in [0.05, 0.1) is 6.04 Å². The van der Waals surface area contributed by atoms with E-state index in [1.54, 1.807) is 48.5 Å². The fourth-order valence-corrected chi connectivity index (χ4v) is 3.90. The Bertz CT molecular complexity index is 1540. The molecule has 9 N–H and O–H groups in total. The first kappa shape index (κ1) is 31.8. The topological polar surface area (TPSA) is 239 Å². The van der Waals surface area contributed by atoms with Crippen molar-refractivity contribution in [3.8, 4) is 11.5 Å². The number of nitrogens with two attached hydrogens (primary N) is 2. The summed E-state index contributed by atoms with van der Waals surface area (Å²) in [4.78, 5) is 47.3. The maximum Gasteiger partial charge on any atom is 0.372 e. The average molecular weight is 590 g/mol. The Labute approximate surface area is 246 Å². The van der Waals surface area contributed by atoms with Crippen LogP contribution >= 0.6 is 0 Å². The van der Waals surface area contributed by atoms with Gasteiger partial charge in [0.15, 0.2) is 0 Å². The van der Waals surface area contributed by atoms with E-state index < -0.39 is 36.1 Å². The number of ketones is 1. The van der Waals surface area contributed by atoms with Crippen molar-refractivity contribution in [2.24, 2.45) is 11.5 Å². The molecule has 0 bridgehead atoms. The Morgan fingerprint density at radius 2 is 1.51 bits per heavy atom. The zero-order valence-electron chi connectivity index (χ0n) is 23.0. The van der Waals surface area contributed by atoms with Crippen LogP contribution in [0.1, 0.15) is 45.5 Å². The molecule has 0 spiro atoms. The lowest BCUT2D eigenvalue weighted by atomic mass is 10.0. The lowest BCUT2D eigenvalue weighted by Gasteiger charge is -2.20. The highest BCUT2D eigenvalue weighted by molar-refractivity contribution is 6.33. The highest BCUT2D eigenvalue weighted by Crippen LogP contribution is 2.22. The molecule has 224 valence electrons. The van der Waals surface area contributed by atoms with Crippen LogP contribution in [0.3, 0.4) is 0 Å². The smallest absolute Gasteiger partial charge is 0.372 e. The number of nitrogen functional groups attached to an aromatic ring is 2. The molecule has 3 aromatic carbocycles. The standard InChI is InChI=1S/C30H31N5O8/c31-27(32)18-6-9-23(10-7-18)42-15-17-2-1-3-21(12-17)29(39)35-22(8-11-26(37)38)16-43-25-14-20(28(33)34)5-4-19(25)13-24(36)30(40)41/h1-7,9-10,12,14,22H,8,11,13,15-16H2,(H3,31,32)(H3,33,34)(H,35,39)(H,37,38)(H,40,41)/t22-/m1/s1. The minimum absolute atomic E-state index is 0.00984. The van der Waals surface area contributed by atoms with Crippen molar-refractivity contribution in [1.82, 2.24) is 5.32 Å². The van der Waals surface area contributed by atoms with E-state index in [-0.39, 0.29) is 54.6 Å². The van der Waals surface area contributed by atoms with Gasteiger partial charge in [0.1, 0.15) is 36.4 Å². The molecule has 0 saturated carbocycles. The first-order chi connectivity index (χ1) is 20.4. The van der Waals surface area contributed by atoms with Gasteiger partial charge < -0.3 is 36.5 Å². The van der Waals surface area contributed by atoms with Gasteiger partial charge in [-0.15, -0.1) is 0 Å². The molecule has 43 heavy (non-hydrogen) atoms. The number of hydrogen-bond acceptors (Lipinski definition) is 8. The number of amidine groups is 2. The van der Waals surface area contributed by atoms with Crippen molar-refractivity contribution in [1.29, 1.82) is 10.8 Å². The number of Topliss-reactive ketones (excluding diaryl/α,β-unsaturated/α-hetero) is 1. The quantitative estimate of drug-likeness (QED) is 0.0729. The number of carboxylic acids is 2. The SMILES string of the molecule is N=C(N)c1ccc(OCc2cccc(C(=O)N[C@H](CCC(=O)O)COc3cc(C(=N)N)ccc3CC(=O)C(=O)O)c2)cc1. The van der Waals surface area contributed by atoms with Crippen molar-refractivity contribution in [3.05, 3.63) is 94.5 Å². The van der Waals surface area contributed by atoms with Crippen molar-refractivity contribution in [3.63, 3.8) is 0 Å². The second-order valence-corrected chi connectivity index (χ2v) is 9.48. The minimum Gasteiger partial charge on any atom is -0.491 e. The Morgan fingerprint density at radius 1 is 0.837 bits per heavy atom. The third-order valence-corrected chi connectivity index (χ3v) is 6.21. The van der Waals surface area contributed by atoms with Crippen LogP contribution in [-0.2, 0) is 27.4 Å². The molecule has 13 heteroatoms. The second kappa shape index (κ2) is 14.8. The van der Waals surface area contributed by atoms with Gasteiger partial charge in [0, 0.05) is 35.1 Å². The Balaban J connectivity index is 1.72. The number of aliphatic carboxylic acids is 2. The number of amides is 1. The summed E-state index contributed by atoms with van der Waals surface area (Å²) in [5, 5.41) is 36.1. The summed E-state index contributed by atoms with van der Waals surface area (Å²) in [5.41, 5.74) is 13.1. The molecule has 0 unspecified atom stereocenters. The average Bonchev–Trinajstić information content (AvgIpc) is 2.98. The van der Waals surface area contributed by atoms with Crippen LogP contribution in [0.4, 0.5) is 0 Å². The van der Waals surface area contributed by atoms with E-state index in [9.17, 15) is 24.3 Å². The molecule has 0 aromatic heterocycles. The van der Waals surface area contributed by atoms with Crippen LogP contribution in [0.15, 0.2) is 66.7 Å². The maximum absolute atomic E-state index is 13.1. The molecule has 0 fully saturated rings. The van der Waals surface area contributed by atoms with Gasteiger partial charge in [0.25, 0.3) is 5.91 Å². The number of carbonyl (C=O) groups is 4. The van der Waals surface area contributed by atoms with E-state index in [0.717, 1.165) is 0 Å². The van der Waals surface area contributed by atoms with Gasteiger partial charge in [-0.3, -0.25) is 25.2 Å². The van der Waals surface area contributed by atoms with Gasteiger partial charge >= 0.3 is 11.9 Å². The van der Waals surface area contributed by atoms with Crippen molar-refractivity contribution in [2.45, 2.75) is 31.9 Å². The molecule has 3 rings (SSSR count). The maximum atomic E-state index is 13.1. The van der Waals surface area contributed by atoms with Crippen LogP contribution in [0.2, 0.25) is 0 Å². The summed E-state index contributed by atoms with van der Waals surface area (Å²) < 4.78 is 11.6. The van der Waals surface area contributed by atoms with Crippen molar-refractivity contribution >= 4 is 35.3 Å². The van der Waals surface area contributed by atoms with Gasteiger partial charge in [-0.2, -0.15) is 0 Å². The monoisotopic (exact) mass is 589 g/mol. The third kappa shape index (κ3) is 9.70. The number of carbonyl (C=O) groups excluding carboxylic acids is 2. The zero-order valence-corrected chi connectivity index (χ0v) is 23.0. The molecule has 13 nitrogen and oxygen atoms in total. The molecule has 1 amide bonds. The summed E-state index contributed by atoms with van der Waals surface area (Å²) in [7, 11) is 0. The van der Waals surface area contributed by atoms with Crippen LogP contribution in [-0.4, -0.2) is 58.2 Å². The Hall–Kier alpha value is -5.72. The van der Waals surface area contributed by atoms with Crippen LogP contribution in [0.25, 0.3) is 0 Å². The number of nitrogens with one attached hydrogen (secondary N) is 3. The van der Waals surface area contributed by atoms with Crippen LogP contribution in [0, 0.1) is 10.8 Å². The number of hydrogen-bond donors (Lipinski definition) is 7. The largest absolute Gasteiger partial charge is 0.491 e. The molecular weight excluding hydrogens is 558 g/mol. The van der Waals surface area contributed by atoms with E-state index in [1.165, 1.54) is 18.2 Å². The summed E-state index contributed by atoms with van der Waals surface area (Å²) in [6, 6.07) is 16.8. The summed E-state index contributed by atoms with van der Waals surface area (Å²) >= 11 is 0. The zero-order chi connectivity index (χ0) is 31.5. The third-order valence-electron chi connectivity index (χ3n) is 6.21. The normalized spacial score (nSPS) is 11.2. The fraction of sp³-hybridized carbons (Fsp3) is 0.200. The van der Waals surface area contributed by atoms with E-state index in [0.29, 0.717) is 22.4 Å². The lowest BCUT2D eigenvalue weighted by molar-refractivity contribution is -0.148. The Kier molecular flexibility index (Phi) is 10.9.